The molecule has 1 saturated heterocycles. The molecule has 0 bridgehead atoms. The standard InChI is InChI=1S/C13H14N4O3S/c18-9-11-8-17(13-14-4-1-5-15-13)16-12(11)10-2-6-21(19,20)7-3-10/h1,4-5,8-10H,2-3,6-7H2. The number of carbonyl (C=O) groups excluding carboxylic acids is 1. The maximum atomic E-state index is 11.5. The van der Waals surface area contributed by atoms with Crippen LogP contribution in [0.4, 0.5) is 0 Å². The van der Waals surface area contributed by atoms with Gasteiger partial charge in [-0.3, -0.25) is 4.79 Å². The van der Waals surface area contributed by atoms with Crippen LogP contribution in [0.5, 0.6) is 0 Å². The minimum Gasteiger partial charge on any atom is -0.298 e. The van der Waals surface area contributed by atoms with E-state index in [0.29, 0.717) is 30.0 Å². The maximum Gasteiger partial charge on any atom is 0.250 e. The third kappa shape index (κ3) is 2.85. The monoisotopic (exact) mass is 306 g/mol. The van der Waals surface area contributed by atoms with E-state index in [1.807, 2.05) is 0 Å². The van der Waals surface area contributed by atoms with Crippen molar-refractivity contribution in [3.8, 4) is 5.95 Å². The van der Waals surface area contributed by atoms with Crippen LogP contribution in [0.15, 0.2) is 24.7 Å². The van der Waals surface area contributed by atoms with E-state index in [-0.39, 0.29) is 17.4 Å². The number of aromatic nitrogens is 4. The summed E-state index contributed by atoms with van der Waals surface area (Å²) < 4.78 is 24.4. The summed E-state index contributed by atoms with van der Waals surface area (Å²) in [6.45, 7) is 0. The third-order valence-electron chi connectivity index (χ3n) is 3.60. The van der Waals surface area contributed by atoms with Gasteiger partial charge in [-0.1, -0.05) is 0 Å². The SMILES string of the molecule is O=Cc1cn(-c2ncccn2)nc1C1CCS(=O)(=O)CC1. The molecule has 7 nitrogen and oxygen atoms in total. The molecule has 0 atom stereocenters. The van der Waals surface area contributed by atoms with E-state index >= 15 is 0 Å². The van der Waals surface area contributed by atoms with Gasteiger partial charge in [-0.05, 0) is 18.9 Å². The number of carbonyl (C=O) groups is 1. The molecular weight excluding hydrogens is 292 g/mol. The number of rotatable bonds is 3. The average molecular weight is 306 g/mol. The van der Waals surface area contributed by atoms with Gasteiger partial charge in [0.1, 0.15) is 9.84 Å². The fourth-order valence-corrected chi connectivity index (χ4v) is 3.98. The van der Waals surface area contributed by atoms with Gasteiger partial charge in [0.2, 0.25) is 5.95 Å². The van der Waals surface area contributed by atoms with E-state index in [9.17, 15) is 13.2 Å². The second-order valence-electron chi connectivity index (χ2n) is 5.01. The summed E-state index contributed by atoms with van der Waals surface area (Å²) in [5, 5.41) is 4.39. The first-order valence-electron chi connectivity index (χ1n) is 6.61. The molecule has 1 aliphatic heterocycles. The van der Waals surface area contributed by atoms with Crippen molar-refractivity contribution in [2.75, 3.05) is 11.5 Å². The molecule has 1 aliphatic rings. The molecule has 0 unspecified atom stereocenters. The summed E-state index contributed by atoms with van der Waals surface area (Å²) in [4.78, 5) is 19.4. The zero-order valence-corrected chi connectivity index (χ0v) is 12.0. The van der Waals surface area contributed by atoms with Gasteiger partial charge in [-0.2, -0.15) is 5.10 Å². The largest absolute Gasteiger partial charge is 0.298 e. The first kappa shape index (κ1) is 13.9. The highest BCUT2D eigenvalue weighted by molar-refractivity contribution is 7.91. The zero-order valence-electron chi connectivity index (χ0n) is 11.2. The number of hydrogen-bond acceptors (Lipinski definition) is 6. The van der Waals surface area contributed by atoms with Crippen LogP contribution in [0.25, 0.3) is 5.95 Å². The van der Waals surface area contributed by atoms with Gasteiger partial charge in [0.25, 0.3) is 0 Å². The van der Waals surface area contributed by atoms with Gasteiger partial charge in [0, 0.05) is 24.5 Å². The molecule has 2 aromatic heterocycles. The van der Waals surface area contributed by atoms with Crippen LogP contribution in [0.3, 0.4) is 0 Å². The van der Waals surface area contributed by atoms with E-state index < -0.39 is 9.84 Å². The molecule has 0 saturated carbocycles. The van der Waals surface area contributed by atoms with Crippen molar-refractivity contribution in [1.29, 1.82) is 0 Å². The smallest absolute Gasteiger partial charge is 0.250 e. The Kier molecular flexibility index (Phi) is 3.54. The lowest BCUT2D eigenvalue weighted by Gasteiger charge is -2.20. The first-order valence-corrected chi connectivity index (χ1v) is 8.44. The number of aldehydes is 1. The maximum absolute atomic E-state index is 11.5. The highest BCUT2D eigenvalue weighted by Crippen LogP contribution is 2.30. The summed E-state index contributed by atoms with van der Waals surface area (Å²) in [7, 11) is -2.94. The Morgan fingerprint density at radius 2 is 1.86 bits per heavy atom. The summed E-state index contributed by atoms with van der Waals surface area (Å²) in [6.07, 6.45) is 6.51. The van der Waals surface area contributed by atoms with Crippen LogP contribution in [0.1, 0.15) is 34.8 Å². The van der Waals surface area contributed by atoms with Crippen LogP contribution >= 0.6 is 0 Å². The Bertz CT molecular complexity index is 741. The molecule has 110 valence electrons. The lowest BCUT2D eigenvalue weighted by Crippen LogP contribution is -2.23. The predicted molar refractivity (Wildman–Crippen MR) is 75.2 cm³/mol. The minimum absolute atomic E-state index is 0.0151. The molecular formula is C13H14N4O3S. The average Bonchev–Trinajstić information content (AvgIpc) is 2.92. The van der Waals surface area contributed by atoms with Crippen LogP contribution in [0, 0.1) is 0 Å². The number of nitrogens with zero attached hydrogens (tertiary/aromatic N) is 4. The molecule has 0 aliphatic carbocycles. The highest BCUT2D eigenvalue weighted by Gasteiger charge is 2.28. The van der Waals surface area contributed by atoms with Crippen LogP contribution in [0.2, 0.25) is 0 Å². The Labute approximate surface area is 122 Å². The van der Waals surface area contributed by atoms with Crippen molar-refractivity contribution in [2.24, 2.45) is 0 Å². The van der Waals surface area contributed by atoms with Crippen molar-refractivity contribution in [3.63, 3.8) is 0 Å². The Balaban J connectivity index is 1.92. The molecule has 0 radical (unpaired) electrons. The number of sulfone groups is 1. The molecule has 0 amide bonds. The Morgan fingerprint density at radius 1 is 1.19 bits per heavy atom. The van der Waals surface area contributed by atoms with Crippen molar-refractivity contribution < 1.29 is 13.2 Å². The molecule has 0 spiro atoms. The molecule has 0 N–H and O–H groups in total. The molecule has 8 heteroatoms. The van der Waals surface area contributed by atoms with Gasteiger partial charge in [-0.15, -0.1) is 0 Å². The van der Waals surface area contributed by atoms with Gasteiger partial charge < -0.3 is 0 Å². The number of hydrogen-bond donors (Lipinski definition) is 0. The first-order chi connectivity index (χ1) is 10.1. The summed E-state index contributed by atoms with van der Waals surface area (Å²) in [6, 6.07) is 1.69. The van der Waals surface area contributed by atoms with Gasteiger partial charge in [0.15, 0.2) is 6.29 Å². The summed E-state index contributed by atoms with van der Waals surface area (Å²) in [5.41, 5.74) is 1.10. The second kappa shape index (κ2) is 5.36. The van der Waals surface area contributed by atoms with Crippen molar-refractivity contribution in [1.82, 2.24) is 19.7 Å². The minimum atomic E-state index is -2.94. The molecule has 3 heterocycles. The van der Waals surface area contributed by atoms with Crippen LogP contribution in [-0.4, -0.2) is 46.0 Å². The van der Waals surface area contributed by atoms with Crippen molar-refractivity contribution >= 4 is 16.1 Å². The Hall–Kier alpha value is -2.09. The highest BCUT2D eigenvalue weighted by atomic mass is 32.2. The molecule has 3 rings (SSSR count). The van der Waals surface area contributed by atoms with Crippen molar-refractivity contribution in [2.45, 2.75) is 18.8 Å². The van der Waals surface area contributed by atoms with E-state index in [0.717, 1.165) is 6.29 Å². The fourth-order valence-electron chi connectivity index (χ4n) is 2.48. The predicted octanol–water partition coefficient (Wildman–Crippen LogP) is 0.767. The van der Waals surface area contributed by atoms with E-state index in [2.05, 4.69) is 15.1 Å². The fraction of sp³-hybridized carbons (Fsp3) is 0.385. The lowest BCUT2D eigenvalue weighted by molar-refractivity contribution is 0.112. The second-order valence-corrected chi connectivity index (χ2v) is 7.31. The van der Waals surface area contributed by atoms with Gasteiger partial charge in [0.05, 0.1) is 22.8 Å². The van der Waals surface area contributed by atoms with Crippen LogP contribution < -0.4 is 0 Å². The van der Waals surface area contributed by atoms with E-state index in [1.165, 1.54) is 4.68 Å². The van der Waals surface area contributed by atoms with Crippen LogP contribution in [-0.2, 0) is 9.84 Å². The van der Waals surface area contributed by atoms with Crippen molar-refractivity contribution in [3.05, 3.63) is 35.9 Å². The topological polar surface area (TPSA) is 94.8 Å². The zero-order chi connectivity index (χ0) is 14.9. The Morgan fingerprint density at radius 3 is 2.48 bits per heavy atom. The molecule has 1 fully saturated rings. The van der Waals surface area contributed by atoms with Gasteiger partial charge in [-0.25, -0.2) is 23.1 Å². The molecule has 2 aromatic rings. The summed E-state index contributed by atoms with van der Waals surface area (Å²) in [5.74, 6) is 0.656. The normalized spacial score (nSPS) is 18.5. The quantitative estimate of drug-likeness (QED) is 0.777. The van der Waals surface area contributed by atoms with Gasteiger partial charge >= 0.3 is 0 Å². The van der Waals surface area contributed by atoms with E-state index in [4.69, 9.17) is 0 Å². The molecule has 0 aromatic carbocycles. The lowest BCUT2D eigenvalue weighted by atomic mass is 9.96. The third-order valence-corrected chi connectivity index (χ3v) is 5.31. The van der Waals surface area contributed by atoms with E-state index in [1.54, 1.807) is 24.7 Å². The summed E-state index contributed by atoms with van der Waals surface area (Å²) >= 11 is 0. The molecule has 21 heavy (non-hydrogen) atoms.